The number of hydrogen-bond acceptors (Lipinski definition) is 8. The van der Waals surface area contributed by atoms with Crippen LogP contribution in [0.25, 0.3) is 0 Å². The Morgan fingerprint density at radius 3 is 1.47 bits per heavy atom. The van der Waals surface area contributed by atoms with Gasteiger partial charge in [-0.05, 0) is 97.1 Å². The molecule has 0 bridgehead atoms. The molecule has 21 heteroatoms. The molecule has 2 aromatic heterocycles. The number of rotatable bonds is 10. The van der Waals surface area contributed by atoms with Crippen LogP contribution in [0.5, 0.6) is 23.0 Å². The van der Waals surface area contributed by atoms with Gasteiger partial charge in [0.25, 0.3) is 0 Å². The zero-order valence-corrected chi connectivity index (χ0v) is 41.4. The number of ether oxygens (including phenoxy) is 3. The molecule has 322 valence electrons. The number of Topliss-reactive ketones (excluding diaryl/α,β-unsaturated/α-hetero) is 1. The Morgan fingerprint density at radius 2 is 1.08 bits per heavy atom. The molecule has 3 heterocycles. The molecule has 0 saturated carbocycles. The number of carbonyl (C=O) groups excluding carboxylic acids is 1. The SMILES string of the molecule is II.I[I-]I.N#Cc1ccc(Oc2ccc(C(F)(F)C(=O)c3ccc(F)cc3F)nc2)cc1.N#Cc1ccc(Oc2ccc(C(F)(F)C3(c4ccc(F)cc4F)CO3)nc2)cc1. The van der Waals surface area contributed by atoms with Crippen LogP contribution in [0, 0.1) is 45.9 Å². The maximum atomic E-state index is 15.1. The third-order valence-electron chi connectivity index (χ3n) is 8.32. The summed E-state index contributed by atoms with van der Waals surface area (Å²) in [6, 6.07) is 24.7. The number of nitriles is 2. The zero-order valence-electron chi connectivity index (χ0n) is 30.6. The first kappa shape index (κ1) is 51.1. The van der Waals surface area contributed by atoms with Gasteiger partial charge in [-0.2, -0.15) is 28.1 Å². The molecule has 0 amide bonds. The van der Waals surface area contributed by atoms with Crippen LogP contribution in [0.3, 0.4) is 0 Å². The number of hydrogen-bond donors (Lipinski definition) is 0. The molecule has 0 aliphatic carbocycles. The van der Waals surface area contributed by atoms with Gasteiger partial charge in [0, 0.05) is 54.9 Å². The first-order chi connectivity index (χ1) is 29.6. The van der Waals surface area contributed by atoms with E-state index in [1.54, 1.807) is 24.3 Å². The molecular formula is C41H22F8I5N4O4-. The van der Waals surface area contributed by atoms with Crippen molar-refractivity contribution in [1.82, 2.24) is 9.97 Å². The Kier molecular flexibility index (Phi) is 19.3. The van der Waals surface area contributed by atoms with E-state index < -0.39 is 75.6 Å². The van der Waals surface area contributed by atoms with Crippen LogP contribution < -0.4 is 22.7 Å². The molecular weight excluding hydrogens is 1400 g/mol. The molecule has 1 fully saturated rings. The van der Waals surface area contributed by atoms with E-state index in [4.69, 9.17) is 24.7 Å². The fourth-order valence-electron chi connectivity index (χ4n) is 5.28. The smallest absolute Gasteiger partial charge is 0.351 e. The monoisotopic (exact) mass is 1420 g/mol. The van der Waals surface area contributed by atoms with Crippen LogP contribution in [-0.2, 0) is 22.2 Å². The number of epoxide rings is 1. The van der Waals surface area contributed by atoms with Crippen molar-refractivity contribution < 1.29 is 67.4 Å². The Morgan fingerprint density at radius 1 is 0.661 bits per heavy atom. The summed E-state index contributed by atoms with van der Waals surface area (Å²) < 4.78 is 129. The van der Waals surface area contributed by atoms with E-state index in [1.807, 2.05) is 12.1 Å². The molecule has 7 rings (SSSR count). The van der Waals surface area contributed by atoms with Crippen LogP contribution in [-0.4, -0.2) is 22.4 Å². The molecule has 1 unspecified atom stereocenters. The van der Waals surface area contributed by atoms with E-state index in [0.29, 0.717) is 60.1 Å². The number of alkyl halides is 4. The Bertz CT molecular complexity index is 2540. The molecule has 6 aromatic rings. The van der Waals surface area contributed by atoms with E-state index in [9.17, 15) is 31.1 Å². The summed E-state index contributed by atoms with van der Waals surface area (Å²) in [5.74, 6) is -12.9. The Labute approximate surface area is 401 Å². The maximum Gasteiger partial charge on any atom is 0.351 e. The van der Waals surface area contributed by atoms with Gasteiger partial charge in [0.05, 0.1) is 47.8 Å². The second-order valence-corrected chi connectivity index (χ2v) is 28.4. The molecule has 1 saturated heterocycles. The van der Waals surface area contributed by atoms with E-state index in [0.717, 1.165) is 36.7 Å². The quantitative estimate of drug-likeness (QED) is 0.0575. The Hall–Kier alpha value is -3.52. The van der Waals surface area contributed by atoms with E-state index in [1.165, 1.54) is 36.4 Å². The molecule has 1 atom stereocenters. The third-order valence-corrected chi connectivity index (χ3v) is 8.32. The van der Waals surface area contributed by atoms with Gasteiger partial charge < -0.3 is 14.2 Å². The van der Waals surface area contributed by atoms with Gasteiger partial charge in [-0.3, -0.25) is 14.8 Å². The molecule has 4 aromatic carbocycles. The number of halogens is 13. The van der Waals surface area contributed by atoms with Crippen LogP contribution in [0.15, 0.2) is 122 Å². The number of benzene rings is 4. The molecule has 62 heavy (non-hydrogen) atoms. The fourth-order valence-corrected chi connectivity index (χ4v) is 5.28. The minimum absolute atomic E-state index is 0.115. The number of aromatic nitrogens is 2. The van der Waals surface area contributed by atoms with Crippen molar-refractivity contribution in [2.45, 2.75) is 17.4 Å². The second-order valence-electron chi connectivity index (χ2n) is 12.1. The summed E-state index contributed by atoms with van der Waals surface area (Å²) in [5, 5.41) is 17.5. The fraction of sp³-hybridized carbons (Fsp3) is 0.0976. The zero-order chi connectivity index (χ0) is 45.7. The van der Waals surface area contributed by atoms with Crippen LogP contribution in [0.1, 0.15) is 38.4 Å². The van der Waals surface area contributed by atoms with Crippen LogP contribution >= 0.6 is 74.5 Å². The summed E-state index contributed by atoms with van der Waals surface area (Å²) in [6.45, 7) is -0.423. The van der Waals surface area contributed by atoms with Crippen molar-refractivity contribution in [3.05, 3.63) is 178 Å². The van der Waals surface area contributed by atoms with Crippen molar-refractivity contribution in [2.75, 3.05) is 6.61 Å². The molecule has 1 aliphatic heterocycles. The summed E-state index contributed by atoms with van der Waals surface area (Å²) in [7, 11) is 0. The number of nitrogens with zero attached hydrogens (tertiary/aromatic N) is 4. The average molecular weight is 1420 g/mol. The average Bonchev–Trinajstić information content (AvgIpc) is 4.08. The first-order valence-corrected chi connectivity index (χ1v) is 35.6. The third kappa shape index (κ3) is 12.8. The molecule has 8 nitrogen and oxygen atoms in total. The minimum Gasteiger partial charge on any atom is -0.456 e. The van der Waals surface area contributed by atoms with E-state index in [2.05, 4.69) is 84.4 Å². The maximum absolute atomic E-state index is 15.1. The van der Waals surface area contributed by atoms with Gasteiger partial charge in [-0.25, -0.2) is 17.6 Å². The van der Waals surface area contributed by atoms with Crippen LogP contribution in [0.4, 0.5) is 35.1 Å². The standard InChI is InChI=1S/C21H12F4N2O2.C20H10F4N2O2.I3.I2/c22-14-3-7-17(18(23)9-14)20(12-28-20)21(24,25)19-8-6-16(11-27-19)29-15-4-1-13(10-26)2-5-15;21-13-3-7-16(17(22)9-13)19(27)20(23,24)18-8-6-15(11-26-18)28-14-4-1-12(10-25)2-5-14;1-3-2;1-2/h1-9,11H,12H2;1-9,11H;;/q;;-1;. The predicted octanol–water partition coefficient (Wildman–Crippen LogP) is 10.6. The van der Waals surface area contributed by atoms with Crippen molar-refractivity contribution in [1.29, 1.82) is 10.5 Å². The van der Waals surface area contributed by atoms with Gasteiger partial charge in [-0.15, -0.1) is 0 Å². The minimum atomic E-state index is -4.12. The first-order valence-electron chi connectivity index (χ1n) is 16.7. The Balaban J connectivity index is 0.000000247. The molecule has 0 N–H and O–H groups in total. The van der Waals surface area contributed by atoms with Gasteiger partial charge in [0.1, 0.15) is 57.7 Å². The van der Waals surface area contributed by atoms with Gasteiger partial charge >= 0.3 is 62.3 Å². The summed E-state index contributed by atoms with van der Waals surface area (Å²) >= 11 is 9.54. The van der Waals surface area contributed by atoms with Crippen molar-refractivity contribution in [3.63, 3.8) is 0 Å². The van der Waals surface area contributed by atoms with Gasteiger partial charge in [-0.1, -0.05) is 0 Å². The second kappa shape index (κ2) is 23.4. The molecule has 1 aliphatic rings. The number of pyridine rings is 2. The topological polar surface area (TPSA) is 121 Å². The predicted molar refractivity (Wildman–Crippen MR) is 239 cm³/mol. The van der Waals surface area contributed by atoms with Gasteiger partial charge in [0.2, 0.25) is 5.78 Å². The van der Waals surface area contributed by atoms with Crippen LogP contribution in [0.2, 0.25) is 0 Å². The summed E-state index contributed by atoms with van der Waals surface area (Å²) in [4.78, 5) is 19.3. The van der Waals surface area contributed by atoms with E-state index in [-0.39, 0.29) is 11.5 Å². The summed E-state index contributed by atoms with van der Waals surface area (Å²) in [6.07, 6.45) is 2.09. The van der Waals surface area contributed by atoms with Gasteiger partial charge in [0.15, 0.2) is 5.60 Å². The number of ketones is 1. The largest absolute Gasteiger partial charge is 0.456 e. The molecule has 0 spiro atoms. The summed E-state index contributed by atoms with van der Waals surface area (Å²) in [5.41, 5.74) is -4.26. The normalized spacial score (nSPS) is 13.9. The van der Waals surface area contributed by atoms with Crippen molar-refractivity contribution >= 4 is 80.2 Å². The number of carbonyl (C=O) groups is 1. The van der Waals surface area contributed by atoms with Crippen molar-refractivity contribution in [3.8, 4) is 35.1 Å². The van der Waals surface area contributed by atoms with E-state index >= 15 is 8.78 Å². The van der Waals surface area contributed by atoms with Crippen molar-refractivity contribution in [2.24, 2.45) is 0 Å². The molecule has 0 radical (unpaired) electrons.